The minimum Gasteiger partial charge on any atom is -0.481 e. The molecule has 0 spiro atoms. The molecule has 1 fully saturated rings. The van der Waals surface area contributed by atoms with Crippen LogP contribution in [0, 0.1) is 11.8 Å². The molecule has 0 aromatic rings. The van der Waals surface area contributed by atoms with E-state index in [0.717, 1.165) is 25.7 Å². The van der Waals surface area contributed by atoms with Crippen LogP contribution in [0.1, 0.15) is 96.8 Å². The number of Topliss-reactive ketones (excluding diaryl/α,β-unsaturated/α-hetero) is 1. The molecule has 1 atom stereocenters. The lowest BCUT2D eigenvalue weighted by Crippen LogP contribution is -2.40. The van der Waals surface area contributed by atoms with Crippen molar-refractivity contribution in [1.29, 1.82) is 0 Å². The van der Waals surface area contributed by atoms with Crippen LogP contribution >= 0.6 is 0 Å². The summed E-state index contributed by atoms with van der Waals surface area (Å²) in [5.41, 5.74) is 6.14. The van der Waals surface area contributed by atoms with Gasteiger partial charge in [0.2, 0.25) is 0 Å². The van der Waals surface area contributed by atoms with Crippen molar-refractivity contribution >= 4 is 11.8 Å². The highest BCUT2D eigenvalue weighted by molar-refractivity contribution is 5.84. The summed E-state index contributed by atoms with van der Waals surface area (Å²) in [6.07, 6.45) is 18.7. The van der Waals surface area contributed by atoms with Crippen molar-refractivity contribution in [3.05, 3.63) is 12.2 Å². The molecule has 1 aliphatic carbocycles. The third-order valence-electron chi connectivity index (χ3n) is 5.69. The van der Waals surface area contributed by atoms with E-state index in [0.29, 0.717) is 19.3 Å². The molecule has 0 amide bonds. The molecule has 1 rings (SSSR count). The Hall–Kier alpha value is -1.16. The van der Waals surface area contributed by atoms with Gasteiger partial charge in [0.1, 0.15) is 5.78 Å². The first-order chi connectivity index (χ1) is 12.6. The van der Waals surface area contributed by atoms with Gasteiger partial charge in [-0.15, -0.1) is 0 Å². The Bertz CT molecular complexity index is 425. The fraction of sp³-hybridized carbons (Fsp3) is 0.818. The lowest BCUT2D eigenvalue weighted by atomic mass is 9.77. The SMILES string of the molecule is CCCC/C=C/CCCCCCCC(=O)C(N)[C@H]1CC[C@H](C(=O)O)CC1. The maximum absolute atomic E-state index is 12.3. The van der Waals surface area contributed by atoms with E-state index in [1.807, 2.05) is 0 Å². The summed E-state index contributed by atoms with van der Waals surface area (Å²) < 4.78 is 0. The molecular formula is C22H39NO3. The molecule has 3 N–H and O–H groups in total. The van der Waals surface area contributed by atoms with Crippen LogP contribution in [0.25, 0.3) is 0 Å². The van der Waals surface area contributed by atoms with E-state index in [2.05, 4.69) is 19.1 Å². The summed E-state index contributed by atoms with van der Waals surface area (Å²) in [4.78, 5) is 23.3. The molecule has 4 nitrogen and oxygen atoms in total. The predicted octanol–water partition coefficient (Wildman–Crippen LogP) is 5.25. The lowest BCUT2D eigenvalue weighted by Gasteiger charge is -2.29. The van der Waals surface area contributed by atoms with E-state index in [1.54, 1.807) is 0 Å². The van der Waals surface area contributed by atoms with Crippen LogP contribution in [0.2, 0.25) is 0 Å². The Labute approximate surface area is 159 Å². The van der Waals surface area contributed by atoms with E-state index in [1.165, 1.54) is 44.9 Å². The highest BCUT2D eigenvalue weighted by Gasteiger charge is 2.31. The second-order valence-corrected chi connectivity index (χ2v) is 7.86. The number of aliphatic carboxylic acids is 1. The summed E-state index contributed by atoms with van der Waals surface area (Å²) in [6.45, 7) is 2.22. The summed E-state index contributed by atoms with van der Waals surface area (Å²) in [5, 5.41) is 9.04. The molecule has 150 valence electrons. The Morgan fingerprint density at radius 1 is 0.962 bits per heavy atom. The largest absolute Gasteiger partial charge is 0.481 e. The van der Waals surface area contributed by atoms with Gasteiger partial charge in [-0.2, -0.15) is 0 Å². The van der Waals surface area contributed by atoms with E-state index in [4.69, 9.17) is 10.8 Å². The topological polar surface area (TPSA) is 80.4 Å². The zero-order chi connectivity index (χ0) is 19.2. The normalized spacial score (nSPS) is 21.8. The number of nitrogens with two attached hydrogens (primary N) is 1. The number of hydrogen-bond acceptors (Lipinski definition) is 3. The van der Waals surface area contributed by atoms with Crippen molar-refractivity contribution < 1.29 is 14.7 Å². The molecule has 0 aliphatic heterocycles. The van der Waals surface area contributed by atoms with Crippen LogP contribution in [-0.4, -0.2) is 22.9 Å². The number of allylic oxidation sites excluding steroid dienone is 2. The van der Waals surface area contributed by atoms with Crippen molar-refractivity contribution in [3.8, 4) is 0 Å². The molecule has 0 heterocycles. The summed E-state index contributed by atoms with van der Waals surface area (Å²) in [6, 6.07) is -0.391. The van der Waals surface area contributed by atoms with Crippen molar-refractivity contribution in [2.45, 2.75) is 103 Å². The van der Waals surface area contributed by atoms with Gasteiger partial charge in [-0.1, -0.05) is 51.2 Å². The van der Waals surface area contributed by atoms with Gasteiger partial charge in [0.15, 0.2) is 0 Å². The van der Waals surface area contributed by atoms with E-state index in [-0.39, 0.29) is 17.6 Å². The number of carbonyl (C=O) groups is 2. The third-order valence-corrected chi connectivity index (χ3v) is 5.69. The maximum Gasteiger partial charge on any atom is 0.306 e. The molecule has 0 aromatic heterocycles. The van der Waals surface area contributed by atoms with Crippen LogP contribution in [-0.2, 0) is 9.59 Å². The van der Waals surface area contributed by atoms with Gasteiger partial charge in [0, 0.05) is 6.42 Å². The van der Waals surface area contributed by atoms with Crippen LogP contribution < -0.4 is 5.73 Å². The summed E-state index contributed by atoms with van der Waals surface area (Å²) in [7, 11) is 0. The molecule has 0 saturated heterocycles. The first-order valence-electron chi connectivity index (χ1n) is 10.7. The van der Waals surface area contributed by atoms with Gasteiger partial charge in [0.05, 0.1) is 12.0 Å². The molecule has 26 heavy (non-hydrogen) atoms. The highest BCUT2D eigenvalue weighted by Crippen LogP contribution is 2.31. The van der Waals surface area contributed by atoms with Crippen molar-refractivity contribution in [1.82, 2.24) is 0 Å². The van der Waals surface area contributed by atoms with Crippen molar-refractivity contribution in [3.63, 3.8) is 0 Å². The van der Waals surface area contributed by atoms with Gasteiger partial charge in [-0.3, -0.25) is 9.59 Å². The predicted molar refractivity (Wildman–Crippen MR) is 107 cm³/mol. The van der Waals surface area contributed by atoms with Gasteiger partial charge < -0.3 is 10.8 Å². The third kappa shape index (κ3) is 9.51. The number of carboxylic acid groups (broad SMARTS) is 1. The lowest BCUT2D eigenvalue weighted by molar-refractivity contribution is -0.143. The Morgan fingerprint density at radius 3 is 2.15 bits per heavy atom. The summed E-state index contributed by atoms with van der Waals surface area (Å²) >= 11 is 0. The maximum atomic E-state index is 12.3. The van der Waals surface area contributed by atoms with E-state index in [9.17, 15) is 9.59 Å². The second-order valence-electron chi connectivity index (χ2n) is 7.86. The minimum atomic E-state index is -0.709. The molecule has 0 aromatic carbocycles. The van der Waals surface area contributed by atoms with Crippen molar-refractivity contribution in [2.24, 2.45) is 17.6 Å². The first-order valence-corrected chi connectivity index (χ1v) is 10.7. The molecule has 4 heteroatoms. The van der Waals surface area contributed by atoms with Crippen LogP contribution in [0.15, 0.2) is 12.2 Å². The van der Waals surface area contributed by atoms with E-state index < -0.39 is 12.0 Å². The van der Waals surface area contributed by atoms with Gasteiger partial charge in [-0.05, 0) is 57.3 Å². The smallest absolute Gasteiger partial charge is 0.306 e. The van der Waals surface area contributed by atoms with Crippen molar-refractivity contribution in [2.75, 3.05) is 0 Å². The quantitative estimate of drug-likeness (QED) is 0.325. The molecule has 1 saturated carbocycles. The zero-order valence-corrected chi connectivity index (χ0v) is 16.6. The van der Waals surface area contributed by atoms with Gasteiger partial charge in [0.25, 0.3) is 0 Å². The molecule has 1 unspecified atom stereocenters. The Morgan fingerprint density at radius 2 is 1.54 bits per heavy atom. The van der Waals surface area contributed by atoms with Crippen LogP contribution in [0.4, 0.5) is 0 Å². The molecule has 1 aliphatic rings. The van der Waals surface area contributed by atoms with Gasteiger partial charge >= 0.3 is 5.97 Å². The monoisotopic (exact) mass is 365 g/mol. The van der Waals surface area contributed by atoms with Crippen LogP contribution in [0.5, 0.6) is 0 Å². The molecule has 0 radical (unpaired) electrons. The molecule has 0 bridgehead atoms. The fourth-order valence-corrected chi connectivity index (χ4v) is 3.80. The molecular weight excluding hydrogens is 326 g/mol. The number of unbranched alkanes of at least 4 members (excludes halogenated alkanes) is 7. The Balaban J connectivity index is 2.02. The highest BCUT2D eigenvalue weighted by atomic mass is 16.4. The fourth-order valence-electron chi connectivity index (χ4n) is 3.80. The number of carbonyl (C=O) groups excluding carboxylic acids is 1. The Kier molecular flexibility index (Phi) is 12.3. The summed E-state index contributed by atoms with van der Waals surface area (Å²) in [5.74, 6) is -0.602. The van der Waals surface area contributed by atoms with E-state index >= 15 is 0 Å². The average molecular weight is 366 g/mol. The number of rotatable bonds is 14. The standard InChI is InChI=1S/C22H39NO3/c1-2-3-4-5-6-7-8-9-10-11-12-13-20(24)21(23)18-14-16-19(17-15-18)22(25)26/h5-6,18-19,21H,2-4,7-17,23H2,1H3,(H,25,26)/b6-5+/t18-,19-,21?. The number of hydrogen-bond donors (Lipinski definition) is 2. The zero-order valence-electron chi connectivity index (χ0n) is 16.6. The van der Waals surface area contributed by atoms with Gasteiger partial charge in [-0.25, -0.2) is 0 Å². The number of carboxylic acids is 1. The first kappa shape index (κ1) is 22.9. The minimum absolute atomic E-state index is 0.169. The van der Waals surface area contributed by atoms with Crippen LogP contribution in [0.3, 0.4) is 0 Å². The number of ketones is 1. The average Bonchev–Trinajstić information content (AvgIpc) is 2.65. The second kappa shape index (κ2) is 14.0.